The Morgan fingerprint density at radius 1 is 1.10 bits per heavy atom. The molecule has 1 fully saturated rings. The van der Waals surface area contributed by atoms with Crippen LogP contribution in [0.3, 0.4) is 0 Å². The number of methoxy groups -OCH3 is 1. The molecule has 2 aromatic rings. The van der Waals surface area contributed by atoms with Gasteiger partial charge in [-0.2, -0.15) is 13.2 Å². The number of rotatable bonds is 7. The van der Waals surface area contributed by atoms with Crippen molar-refractivity contribution in [3.05, 3.63) is 71.3 Å². The smallest absolute Gasteiger partial charge is 0.385 e. The lowest BCUT2D eigenvalue weighted by Crippen LogP contribution is -2.36. The molecule has 0 bridgehead atoms. The monoisotopic (exact) mass is 434 g/mol. The van der Waals surface area contributed by atoms with Gasteiger partial charge in [0.05, 0.1) is 11.5 Å². The molecule has 0 spiro atoms. The summed E-state index contributed by atoms with van der Waals surface area (Å²) in [7, 11) is 1.57. The fourth-order valence-corrected chi connectivity index (χ4v) is 3.84. The van der Waals surface area contributed by atoms with Crippen LogP contribution in [0.25, 0.3) is 0 Å². The summed E-state index contributed by atoms with van der Waals surface area (Å²) in [6.07, 6.45) is -3.86. The summed E-state index contributed by atoms with van der Waals surface area (Å²) in [5.41, 5.74) is 0.110. The van der Waals surface area contributed by atoms with Crippen molar-refractivity contribution in [2.24, 2.45) is 5.92 Å². The maximum Gasteiger partial charge on any atom is 0.416 e. The molecule has 1 heterocycles. The number of carbonyl (C=O) groups excluding carboxylic acids is 2. The third-order valence-corrected chi connectivity index (χ3v) is 5.43. The van der Waals surface area contributed by atoms with Gasteiger partial charge in [0.25, 0.3) is 5.91 Å². The Balaban J connectivity index is 1.84. The second-order valence-electron chi connectivity index (χ2n) is 7.55. The van der Waals surface area contributed by atoms with Crippen LogP contribution in [-0.2, 0) is 15.7 Å². The molecule has 2 atom stereocenters. The van der Waals surface area contributed by atoms with Gasteiger partial charge >= 0.3 is 6.18 Å². The molecule has 1 aliphatic heterocycles. The van der Waals surface area contributed by atoms with Crippen LogP contribution in [-0.4, -0.2) is 50.1 Å². The van der Waals surface area contributed by atoms with Gasteiger partial charge in [-0.15, -0.1) is 0 Å². The van der Waals surface area contributed by atoms with Crippen molar-refractivity contribution in [1.82, 2.24) is 10.2 Å². The van der Waals surface area contributed by atoms with E-state index in [0.717, 1.165) is 12.1 Å². The highest BCUT2D eigenvalue weighted by Crippen LogP contribution is 2.37. The second-order valence-corrected chi connectivity index (χ2v) is 7.55. The Kier molecular flexibility index (Phi) is 7.33. The number of nitrogens with one attached hydrogen (secondary N) is 1. The number of alkyl halides is 3. The Bertz CT molecular complexity index is 902. The molecule has 0 saturated carbocycles. The SMILES string of the molecule is COCCCNC(=O)C1CN(C(=O)c2ccccc2)CC1c1cccc(C(F)(F)F)c1. The number of hydrogen-bond donors (Lipinski definition) is 1. The molecule has 1 saturated heterocycles. The Hall–Kier alpha value is -2.87. The molecule has 1 N–H and O–H groups in total. The summed E-state index contributed by atoms with van der Waals surface area (Å²) in [6, 6.07) is 13.6. The van der Waals surface area contributed by atoms with Crippen LogP contribution < -0.4 is 5.32 Å². The number of halogens is 3. The predicted molar refractivity (Wildman–Crippen MR) is 110 cm³/mol. The predicted octanol–water partition coefficient (Wildman–Crippen LogP) is 3.71. The Morgan fingerprint density at radius 2 is 1.84 bits per heavy atom. The largest absolute Gasteiger partial charge is 0.416 e. The maximum atomic E-state index is 13.2. The standard InChI is InChI=1S/C23H25F3N2O3/c1-31-12-6-11-27-21(29)20-15-28(22(30)16-7-3-2-4-8-16)14-19(20)17-9-5-10-18(13-17)23(24,25)26/h2-5,7-10,13,19-20H,6,11-12,14-15H2,1H3,(H,27,29). The average molecular weight is 434 g/mol. The van der Waals surface area contributed by atoms with Crippen LogP contribution in [0.1, 0.15) is 33.8 Å². The van der Waals surface area contributed by atoms with Gasteiger partial charge in [0.2, 0.25) is 5.91 Å². The minimum Gasteiger partial charge on any atom is -0.385 e. The van der Waals surface area contributed by atoms with E-state index in [0.29, 0.717) is 30.7 Å². The van der Waals surface area contributed by atoms with E-state index in [9.17, 15) is 22.8 Å². The van der Waals surface area contributed by atoms with Crippen molar-refractivity contribution in [1.29, 1.82) is 0 Å². The zero-order chi connectivity index (χ0) is 22.4. The summed E-state index contributed by atoms with van der Waals surface area (Å²) < 4.78 is 44.6. The van der Waals surface area contributed by atoms with Crippen molar-refractivity contribution >= 4 is 11.8 Å². The molecule has 0 aliphatic carbocycles. The first kappa shape index (κ1) is 22.8. The number of nitrogens with zero attached hydrogens (tertiary/aromatic N) is 1. The number of likely N-dealkylation sites (tertiary alicyclic amines) is 1. The van der Waals surface area contributed by atoms with Gasteiger partial charge in [-0.05, 0) is 30.2 Å². The molecule has 2 amide bonds. The lowest BCUT2D eigenvalue weighted by atomic mass is 9.87. The zero-order valence-corrected chi connectivity index (χ0v) is 17.2. The van der Waals surface area contributed by atoms with Crippen molar-refractivity contribution in [3.8, 4) is 0 Å². The van der Waals surface area contributed by atoms with E-state index in [1.807, 2.05) is 0 Å². The fraction of sp³-hybridized carbons (Fsp3) is 0.391. The first-order valence-corrected chi connectivity index (χ1v) is 10.1. The first-order valence-electron chi connectivity index (χ1n) is 10.1. The maximum absolute atomic E-state index is 13.2. The lowest BCUT2D eigenvalue weighted by Gasteiger charge is -2.19. The van der Waals surface area contributed by atoms with Crippen molar-refractivity contribution in [2.45, 2.75) is 18.5 Å². The summed E-state index contributed by atoms with van der Waals surface area (Å²) in [5.74, 6) is -1.69. The molecule has 0 radical (unpaired) electrons. The topological polar surface area (TPSA) is 58.6 Å². The fourth-order valence-electron chi connectivity index (χ4n) is 3.84. The van der Waals surface area contributed by atoms with Crippen molar-refractivity contribution in [2.75, 3.05) is 33.4 Å². The van der Waals surface area contributed by atoms with Gasteiger partial charge in [0, 0.05) is 44.8 Å². The summed E-state index contributed by atoms with van der Waals surface area (Å²) >= 11 is 0. The van der Waals surface area contributed by atoms with Crippen LogP contribution in [0.4, 0.5) is 13.2 Å². The van der Waals surface area contributed by atoms with E-state index >= 15 is 0 Å². The van der Waals surface area contributed by atoms with Crippen LogP contribution in [0.2, 0.25) is 0 Å². The van der Waals surface area contributed by atoms with E-state index in [1.54, 1.807) is 48.4 Å². The minimum absolute atomic E-state index is 0.144. The highest BCUT2D eigenvalue weighted by molar-refractivity contribution is 5.95. The molecule has 0 aromatic heterocycles. The minimum atomic E-state index is -4.48. The molecule has 2 unspecified atom stereocenters. The quantitative estimate of drug-likeness (QED) is 0.676. The van der Waals surface area contributed by atoms with E-state index in [1.165, 1.54) is 6.07 Å². The Labute approximate surface area is 179 Å². The molecule has 2 aromatic carbocycles. The molecule has 3 rings (SSSR count). The van der Waals surface area contributed by atoms with Crippen LogP contribution in [0.15, 0.2) is 54.6 Å². The molecule has 8 heteroatoms. The summed E-state index contributed by atoms with van der Waals surface area (Å²) in [5, 5.41) is 2.82. The number of benzene rings is 2. The highest BCUT2D eigenvalue weighted by atomic mass is 19.4. The number of hydrogen-bond acceptors (Lipinski definition) is 3. The zero-order valence-electron chi connectivity index (χ0n) is 17.2. The van der Waals surface area contributed by atoms with Crippen molar-refractivity contribution in [3.63, 3.8) is 0 Å². The number of amides is 2. The summed E-state index contributed by atoms with van der Waals surface area (Å²) in [4.78, 5) is 27.3. The van der Waals surface area contributed by atoms with E-state index in [-0.39, 0.29) is 24.9 Å². The first-order chi connectivity index (χ1) is 14.8. The number of ether oxygens (including phenoxy) is 1. The normalized spacial score (nSPS) is 18.8. The molecular formula is C23H25F3N2O3. The van der Waals surface area contributed by atoms with Gasteiger partial charge in [0.1, 0.15) is 0 Å². The van der Waals surface area contributed by atoms with Gasteiger partial charge in [-0.25, -0.2) is 0 Å². The molecule has 5 nitrogen and oxygen atoms in total. The van der Waals surface area contributed by atoms with Crippen LogP contribution in [0, 0.1) is 5.92 Å². The molecule has 31 heavy (non-hydrogen) atoms. The molecule has 166 valence electrons. The highest BCUT2D eigenvalue weighted by Gasteiger charge is 2.41. The van der Waals surface area contributed by atoms with Gasteiger partial charge in [-0.1, -0.05) is 36.4 Å². The van der Waals surface area contributed by atoms with Gasteiger partial charge in [-0.3, -0.25) is 9.59 Å². The van der Waals surface area contributed by atoms with Crippen LogP contribution in [0.5, 0.6) is 0 Å². The number of carbonyl (C=O) groups is 2. The summed E-state index contributed by atoms with van der Waals surface area (Å²) in [6.45, 7) is 1.20. The van der Waals surface area contributed by atoms with E-state index in [2.05, 4.69) is 5.32 Å². The lowest BCUT2D eigenvalue weighted by molar-refractivity contribution is -0.137. The van der Waals surface area contributed by atoms with E-state index in [4.69, 9.17) is 4.74 Å². The third-order valence-electron chi connectivity index (χ3n) is 5.43. The van der Waals surface area contributed by atoms with Gasteiger partial charge in [0.15, 0.2) is 0 Å². The van der Waals surface area contributed by atoms with Crippen molar-refractivity contribution < 1.29 is 27.5 Å². The molecular weight excluding hydrogens is 409 g/mol. The molecule has 1 aliphatic rings. The Morgan fingerprint density at radius 3 is 2.52 bits per heavy atom. The van der Waals surface area contributed by atoms with Crippen LogP contribution >= 0.6 is 0 Å². The third kappa shape index (κ3) is 5.64. The average Bonchev–Trinajstić information content (AvgIpc) is 3.22. The van der Waals surface area contributed by atoms with E-state index < -0.39 is 23.6 Å². The van der Waals surface area contributed by atoms with Gasteiger partial charge < -0.3 is 15.0 Å². The second kappa shape index (κ2) is 9.96.